The number of rotatable bonds is 9. The van der Waals surface area contributed by atoms with Crippen molar-refractivity contribution in [1.82, 2.24) is 5.32 Å². The SMILES string of the molecule is CC[C@@H](NC(=O)CN(c1ccc(OC)cc1)S(C)(=O)=O)c1ccc(OC)cc1. The van der Waals surface area contributed by atoms with Gasteiger partial charge in [-0.1, -0.05) is 19.1 Å². The van der Waals surface area contributed by atoms with Crippen molar-refractivity contribution in [2.75, 3.05) is 31.3 Å². The first-order valence-corrected chi connectivity index (χ1v) is 10.7. The van der Waals surface area contributed by atoms with Crippen LogP contribution in [0.4, 0.5) is 5.69 Å². The summed E-state index contributed by atoms with van der Waals surface area (Å²) in [4.78, 5) is 12.6. The smallest absolute Gasteiger partial charge is 0.241 e. The van der Waals surface area contributed by atoms with E-state index in [1.165, 1.54) is 7.11 Å². The van der Waals surface area contributed by atoms with Gasteiger partial charge in [0.2, 0.25) is 15.9 Å². The highest BCUT2D eigenvalue weighted by atomic mass is 32.2. The molecule has 7 nitrogen and oxygen atoms in total. The summed E-state index contributed by atoms with van der Waals surface area (Å²) in [5.74, 6) is 0.948. The highest BCUT2D eigenvalue weighted by molar-refractivity contribution is 7.92. The van der Waals surface area contributed by atoms with E-state index in [4.69, 9.17) is 9.47 Å². The van der Waals surface area contributed by atoms with Gasteiger partial charge >= 0.3 is 0 Å². The van der Waals surface area contributed by atoms with Crippen molar-refractivity contribution in [3.8, 4) is 11.5 Å². The van der Waals surface area contributed by atoms with Gasteiger partial charge < -0.3 is 14.8 Å². The molecule has 0 aliphatic carbocycles. The van der Waals surface area contributed by atoms with Crippen molar-refractivity contribution in [1.29, 1.82) is 0 Å². The Bertz CT molecular complexity index is 880. The molecule has 0 aliphatic heterocycles. The zero-order chi connectivity index (χ0) is 20.7. The predicted molar refractivity (Wildman–Crippen MR) is 109 cm³/mol. The van der Waals surface area contributed by atoms with Crippen LogP contribution in [-0.2, 0) is 14.8 Å². The summed E-state index contributed by atoms with van der Waals surface area (Å²) < 4.78 is 35.8. The van der Waals surface area contributed by atoms with Crippen LogP contribution in [0.25, 0.3) is 0 Å². The maximum Gasteiger partial charge on any atom is 0.241 e. The lowest BCUT2D eigenvalue weighted by Crippen LogP contribution is -2.41. The highest BCUT2D eigenvalue weighted by Crippen LogP contribution is 2.23. The van der Waals surface area contributed by atoms with Gasteiger partial charge in [-0.25, -0.2) is 8.42 Å². The summed E-state index contributed by atoms with van der Waals surface area (Å²) in [6.45, 7) is 1.64. The largest absolute Gasteiger partial charge is 0.497 e. The zero-order valence-electron chi connectivity index (χ0n) is 16.5. The van der Waals surface area contributed by atoms with Crippen LogP contribution in [0.5, 0.6) is 11.5 Å². The number of hydrogen-bond acceptors (Lipinski definition) is 5. The number of amides is 1. The third-order valence-corrected chi connectivity index (χ3v) is 5.45. The number of carbonyl (C=O) groups is 1. The number of sulfonamides is 1. The normalized spacial score (nSPS) is 12.1. The molecule has 8 heteroatoms. The van der Waals surface area contributed by atoms with Crippen molar-refractivity contribution >= 4 is 21.6 Å². The Balaban J connectivity index is 2.15. The molecule has 0 radical (unpaired) electrons. The van der Waals surface area contributed by atoms with E-state index in [9.17, 15) is 13.2 Å². The monoisotopic (exact) mass is 406 g/mol. The van der Waals surface area contributed by atoms with Crippen LogP contribution < -0.4 is 19.1 Å². The number of carbonyl (C=O) groups excluding carboxylic acids is 1. The van der Waals surface area contributed by atoms with Crippen molar-refractivity contribution in [2.45, 2.75) is 19.4 Å². The highest BCUT2D eigenvalue weighted by Gasteiger charge is 2.22. The Labute approximate surface area is 166 Å². The van der Waals surface area contributed by atoms with Crippen LogP contribution >= 0.6 is 0 Å². The van der Waals surface area contributed by atoms with Crippen LogP contribution in [0.3, 0.4) is 0 Å². The fraction of sp³-hybridized carbons (Fsp3) is 0.350. The molecule has 0 unspecified atom stereocenters. The first-order chi connectivity index (χ1) is 13.3. The molecule has 1 N–H and O–H groups in total. The third kappa shape index (κ3) is 5.63. The molecular formula is C20H26N2O5S. The van der Waals surface area contributed by atoms with Gasteiger partial charge in [-0.15, -0.1) is 0 Å². The number of nitrogens with zero attached hydrogens (tertiary/aromatic N) is 1. The fourth-order valence-electron chi connectivity index (χ4n) is 2.78. The van der Waals surface area contributed by atoms with Gasteiger partial charge in [0.1, 0.15) is 18.0 Å². The van der Waals surface area contributed by atoms with E-state index >= 15 is 0 Å². The second kappa shape index (κ2) is 9.45. The quantitative estimate of drug-likeness (QED) is 0.692. The lowest BCUT2D eigenvalue weighted by atomic mass is 10.0. The molecule has 0 aliphatic rings. The van der Waals surface area contributed by atoms with Crippen LogP contribution in [0.1, 0.15) is 24.9 Å². The van der Waals surface area contributed by atoms with Crippen LogP contribution in [0.2, 0.25) is 0 Å². The minimum atomic E-state index is -3.63. The number of benzene rings is 2. The molecule has 0 fully saturated rings. The molecule has 0 saturated heterocycles. The number of hydrogen-bond donors (Lipinski definition) is 1. The summed E-state index contributed by atoms with van der Waals surface area (Å²) in [5.41, 5.74) is 1.32. The van der Waals surface area contributed by atoms with Crippen molar-refractivity contribution in [2.24, 2.45) is 0 Å². The van der Waals surface area contributed by atoms with E-state index in [2.05, 4.69) is 5.32 Å². The van der Waals surface area contributed by atoms with Crippen LogP contribution in [-0.4, -0.2) is 41.3 Å². The van der Waals surface area contributed by atoms with Gasteiger partial charge in [-0.3, -0.25) is 9.10 Å². The lowest BCUT2D eigenvalue weighted by molar-refractivity contribution is -0.120. The minimum Gasteiger partial charge on any atom is -0.497 e. The zero-order valence-corrected chi connectivity index (χ0v) is 17.3. The molecule has 0 saturated carbocycles. The average molecular weight is 407 g/mol. The second-order valence-electron chi connectivity index (χ2n) is 6.27. The van der Waals surface area contributed by atoms with Crippen molar-refractivity contribution < 1.29 is 22.7 Å². The molecule has 2 aromatic rings. The average Bonchev–Trinajstić information content (AvgIpc) is 2.69. The maximum atomic E-state index is 12.6. The minimum absolute atomic E-state index is 0.226. The molecule has 0 heterocycles. The fourth-order valence-corrected chi connectivity index (χ4v) is 3.63. The van der Waals surface area contributed by atoms with Gasteiger partial charge in [0.05, 0.1) is 32.2 Å². The standard InChI is InChI=1S/C20H26N2O5S/c1-5-19(15-6-10-17(26-2)11-7-15)21-20(23)14-22(28(4,24)25)16-8-12-18(27-3)13-9-16/h6-13,19H,5,14H2,1-4H3,(H,21,23)/t19-/m1/s1. The summed E-state index contributed by atoms with van der Waals surface area (Å²) in [6.07, 6.45) is 1.74. The molecule has 1 atom stereocenters. The molecule has 0 spiro atoms. The number of ether oxygens (including phenoxy) is 2. The number of anilines is 1. The van der Waals surface area contributed by atoms with Gasteiger partial charge in [0.25, 0.3) is 0 Å². The van der Waals surface area contributed by atoms with Gasteiger partial charge in [-0.05, 0) is 48.4 Å². The van der Waals surface area contributed by atoms with Gasteiger partial charge in [0.15, 0.2) is 0 Å². The Morgan fingerprint density at radius 2 is 1.50 bits per heavy atom. The molecule has 2 rings (SSSR count). The first-order valence-electron chi connectivity index (χ1n) is 8.83. The Morgan fingerprint density at radius 3 is 1.93 bits per heavy atom. The first kappa shape index (κ1) is 21.6. The molecule has 0 aromatic heterocycles. The van der Waals surface area contributed by atoms with Crippen LogP contribution in [0, 0.1) is 0 Å². The van der Waals surface area contributed by atoms with Crippen molar-refractivity contribution in [3.05, 3.63) is 54.1 Å². The second-order valence-corrected chi connectivity index (χ2v) is 8.18. The van der Waals surface area contributed by atoms with E-state index in [0.29, 0.717) is 17.9 Å². The maximum absolute atomic E-state index is 12.6. The van der Waals surface area contributed by atoms with E-state index in [1.54, 1.807) is 31.4 Å². The molecule has 2 aromatic carbocycles. The molecule has 152 valence electrons. The van der Waals surface area contributed by atoms with Crippen molar-refractivity contribution in [3.63, 3.8) is 0 Å². The molecule has 1 amide bonds. The topological polar surface area (TPSA) is 84.9 Å². The molecule has 28 heavy (non-hydrogen) atoms. The molecular weight excluding hydrogens is 380 g/mol. The number of methoxy groups -OCH3 is 2. The summed E-state index contributed by atoms with van der Waals surface area (Å²) >= 11 is 0. The Hall–Kier alpha value is -2.74. The Kier molecular flexibility index (Phi) is 7.28. The summed E-state index contributed by atoms with van der Waals surface area (Å²) in [6, 6.07) is 13.7. The Morgan fingerprint density at radius 1 is 1.00 bits per heavy atom. The molecule has 0 bridgehead atoms. The van der Waals surface area contributed by atoms with E-state index < -0.39 is 10.0 Å². The van der Waals surface area contributed by atoms with Gasteiger partial charge in [0, 0.05) is 0 Å². The van der Waals surface area contributed by atoms with Gasteiger partial charge in [-0.2, -0.15) is 0 Å². The summed E-state index contributed by atoms with van der Waals surface area (Å²) in [5, 5.41) is 2.90. The summed E-state index contributed by atoms with van der Waals surface area (Å²) in [7, 11) is -0.515. The van der Waals surface area contributed by atoms with E-state index in [1.807, 2.05) is 31.2 Å². The third-order valence-electron chi connectivity index (χ3n) is 4.31. The van der Waals surface area contributed by atoms with E-state index in [0.717, 1.165) is 21.9 Å². The van der Waals surface area contributed by atoms with E-state index in [-0.39, 0.29) is 18.5 Å². The number of nitrogens with one attached hydrogen (secondary N) is 1. The lowest BCUT2D eigenvalue weighted by Gasteiger charge is -2.24. The van der Waals surface area contributed by atoms with Crippen LogP contribution in [0.15, 0.2) is 48.5 Å². The predicted octanol–water partition coefficient (Wildman–Crippen LogP) is 2.74.